The van der Waals surface area contributed by atoms with E-state index in [4.69, 9.17) is 17.3 Å². The summed E-state index contributed by atoms with van der Waals surface area (Å²) >= 11 is 9.35. The van der Waals surface area contributed by atoms with Gasteiger partial charge in [0.15, 0.2) is 0 Å². The van der Waals surface area contributed by atoms with Crippen molar-refractivity contribution in [3.8, 4) is 0 Å². The van der Waals surface area contributed by atoms with Gasteiger partial charge in [-0.25, -0.2) is 0 Å². The summed E-state index contributed by atoms with van der Waals surface area (Å²) in [5, 5.41) is 3.80. The van der Waals surface area contributed by atoms with Gasteiger partial charge in [0.05, 0.1) is 5.02 Å². The van der Waals surface area contributed by atoms with Gasteiger partial charge in [-0.05, 0) is 53.5 Å². The number of hydrogen-bond donors (Lipinski definition) is 2. The molecule has 0 aliphatic rings. The maximum atomic E-state index is 12.0. The molecule has 2 aromatic rings. The van der Waals surface area contributed by atoms with Crippen molar-refractivity contribution < 1.29 is 4.79 Å². The van der Waals surface area contributed by atoms with E-state index in [1.54, 1.807) is 13.0 Å². The van der Waals surface area contributed by atoms with Crippen LogP contribution in [0.3, 0.4) is 0 Å². The molecule has 0 heterocycles. The minimum atomic E-state index is -0.999. The number of amides is 1. The molecule has 2 rings (SSSR count). The smallest absolute Gasteiger partial charge is 0.247 e. The first-order valence-electron chi connectivity index (χ1n) is 6.43. The molecular formula is C16H16BrClN2O. The normalized spacial score (nSPS) is 13.5. The van der Waals surface area contributed by atoms with Gasteiger partial charge in [-0.3, -0.25) is 4.79 Å². The number of primary amides is 1. The number of halogens is 2. The minimum Gasteiger partial charge on any atom is -0.368 e. The minimum absolute atomic E-state index is 0.447. The van der Waals surface area contributed by atoms with E-state index in [9.17, 15) is 4.79 Å². The van der Waals surface area contributed by atoms with E-state index in [0.29, 0.717) is 5.02 Å². The zero-order chi connectivity index (χ0) is 15.6. The van der Waals surface area contributed by atoms with Crippen molar-refractivity contribution in [2.24, 2.45) is 5.73 Å². The summed E-state index contributed by atoms with van der Waals surface area (Å²) in [4.78, 5) is 12.0. The lowest BCUT2D eigenvalue weighted by Crippen LogP contribution is -2.45. The third-order valence-electron chi connectivity index (χ3n) is 3.44. The van der Waals surface area contributed by atoms with Crippen LogP contribution in [-0.4, -0.2) is 5.91 Å². The Bertz CT molecular complexity index is 672. The van der Waals surface area contributed by atoms with Crippen LogP contribution in [0.25, 0.3) is 0 Å². The number of nitrogens with one attached hydrogen (secondary N) is 1. The van der Waals surface area contributed by atoms with Crippen LogP contribution in [0, 0.1) is 6.92 Å². The van der Waals surface area contributed by atoms with Gasteiger partial charge in [-0.2, -0.15) is 0 Å². The molecule has 0 bridgehead atoms. The fourth-order valence-corrected chi connectivity index (χ4v) is 2.52. The predicted molar refractivity (Wildman–Crippen MR) is 90.5 cm³/mol. The van der Waals surface area contributed by atoms with Crippen LogP contribution in [0.4, 0.5) is 5.69 Å². The Kier molecular flexibility index (Phi) is 4.59. The predicted octanol–water partition coefficient (Wildman–Crippen LogP) is 4.22. The van der Waals surface area contributed by atoms with Gasteiger partial charge in [0, 0.05) is 10.2 Å². The van der Waals surface area contributed by atoms with Gasteiger partial charge >= 0.3 is 0 Å². The van der Waals surface area contributed by atoms with Gasteiger partial charge in [0.1, 0.15) is 5.54 Å². The van der Waals surface area contributed by atoms with Crippen molar-refractivity contribution in [2.75, 3.05) is 5.32 Å². The number of hydrogen-bond acceptors (Lipinski definition) is 2. The number of rotatable bonds is 4. The second kappa shape index (κ2) is 6.08. The maximum Gasteiger partial charge on any atom is 0.247 e. The zero-order valence-electron chi connectivity index (χ0n) is 11.8. The van der Waals surface area contributed by atoms with Crippen LogP contribution in [-0.2, 0) is 10.3 Å². The molecule has 2 aromatic carbocycles. The summed E-state index contributed by atoms with van der Waals surface area (Å²) in [6, 6.07) is 13.1. The van der Waals surface area contributed by atoms with Gasteiger partial charge in [0.25, 0.3) is 0 Å². The van der Waals surface area contributed by atoms with Crippen LogP contribution < -0.4 is 11.1 Å². The summed E-state index contributed by atoms with van der Waals surface area (Å²) in [5.74, 6) is -0.447. The van der Waals surface area contributed by atoms with E-state index >= 15 is 0 Å². The van der Waals surface area contributed by atoms with Gasteiger partial charge < -0.3 is 11.1 Å². The molecule has 0 aliphatic heterocycles. The number of carbonyl (C=O) groups is 1. The molecule has 0 saturated heterocycles. The lowest BCUT2D eigenvalue weighted by molar-refractivity contribution is -0.122. The van der Waals surface area contributed by atoms with E-state index in [2.05, 4.69) is 21.2 Å². The molecule has 0 fully saturated rings. The molecule has 3 N–H and O–H groups in total. The first-order valence-corrected chi connectivity index (χ1v) is 7.60. The Morgan fingerprint density at radius 1 is 1.24 bits per heavy atom. The lowest BCUT2D eigenvalue weighted by atomic mass is 9.90. The van der Waals surface area contributed by atoms with Crippen LogP contribution in [0.15, 0.2) is 46.9 Å². The highest BCUT2D eigenvalue weighted by molar-refractivity contribution is 9.10. The molecule has 0 aromatic heterocycles. The van der Waals surface area contributed by atoms with E-state index in [-0.39, 0.29) is 0 Å². The average molecular weight is 368 g/mol. The summed E-state index contributed by atoms with van der Waals surface area (Å²) in [6.45, 7) is 3.76. The van der Waals surface area contributed by atoms with Crippen molar-refractivity contribution in [3.05, 3.63) is 63.1 Å². The Hall–Kier alpha value is -1.52. The highest BCUT2D eigenvalue weighted by Gasteiger charge is 2.33. The van der Waals surface area contributed by atoms with E-state index in [1.807, 2.05) is 43.3 Å². The average Bonchev–Trinajstić information content (AvgIpc) is 2.43. The van der Waals surface area contributed by atoms with Crippen molar-refractivity contribution in [3.63, 3.8) is 0 Å². The summed E-state index contributed by atoms with van der Waals surface area (Å²) in [5.41, 5.74) is 7.31. The Labute approximate surface area is 137 Å². The second-order valence-electron chi connectivity index (χ2n) is 5.11. The zero-order valence-corrected chi connectivity index (χ0v) is 14.1. The van der Waals surface area contributed by atoms with Crippen LogP contribution in [0.1, 0.15) is 18.1 Å². The number of carbonyl (C=O) groups excluding carboxylic acids is 1. The largest absolute Gasteiger partial charge is 0.368 e. The first-order chi connectivity index (χ1) is 9.83. The third-order valence-corrected chi connectivity index (χ3v) is 4.65. The topological polar surface area (TPSA) is 55.1 Å². The van der Waals surface area contributed by atoms with E-state index in [1.165, 1.54) is 0 Å². The van der Waals surface area contributed by atoms with E-state index in [0.717, 1.165) is 21.3 Å². The standard InChI is InChI=1S/C16H16BrClN2O/c1-10-3-5-11(6-4-10)16(2,15(19)21)20-12-7-8-14(18)13(17)9-12/h3-9,20H,1-2H3,(H2,19,21). The van der Waals surface area contributed by atoms with Crippen molar-refractivity contribution in [2.45, 2.75) is 19.4 Å². The molecule has 21 heavy (non-hydrogen) atoms. The van der Waals surface area contributed by atoms with Crippen LogP contribution in [0.5, 0.6) is 0 Å². The molecule has 1 unspecified atom stereocenters. The summed E-state index contributed by atoms with van der Waals surface area (Å²) in [7, 11) is 0. The Morgan fingerprint density at radius 3 is 2.38 bits per heavy atom. The molecule has 0 saturated carbocycles. The molecule has 1 atom stereocenters. The summed E-state index contributed by atoms with van der Waals surface area (Å²) < 4.78 is 0.755. The molecule has 1 amide bonds. The molecule has 0 radical (unpaired) electrons. The molecule has 5 heteroatoms. The second-order valence-corrected chi connectivity index (χ2v) is 6.37. The maximum absolute atomic E-state index is 12.0. The van der Waals surface area contributed by atoms with Gasteiger partial charge in [-0.1, -0.05) is 41.4 Å². The molecule has 3 nitrogen and oxygen atoms in total. The Morgan fingerprint density at radius 2 is 1.86 bits per heavy atom. The van der Waals surface area contributed by atoms with Crippen molar-refractivity contribution in [1.29, 1.82) is 0 Å². The van der Waals surface area contributed by atoms with Gasteiger partial charge in [0.2, 0.25) is 5.91 Å². The number of aryl methyl sites for hydroxylation is 1. The summed E-state index contributed by atoms with van der Waals surface area (Å²) in [6.07, 6.45) is 0. The highest BCUT2D eigenvalue weighted by atomic mass is 79.9. The highest BCUT2D eigenvalue weighted by Crippen LogP contribution is 2.30. The lowest BCUT2D eigenvalue weighted by Gasteiger charge is -2.29. The van der Waals surface area contributed by atoms with E-state index < -0.39 is 11.4 Å². The molecular weight excluding hydrogens is 352 g/mol. The first kappa shape index (κ1) is 15.9. The number of nitrogens with two attached hydrogens (primary N) is 1. The van der Waals surface area contributed by atoms with Crippen molar-refractivity contribution in [1.82, 2.24) is 0 Å². The van der Waals surface area contributed by atoms with Crippen LogP contribution >= 0.6 is 27.5 Å². The molecule has 110 valence electrons. The monoisotopic (exact) mass is 366 g/mol. The van der Waals surface area contributed by atoms with Crippen LogP contribution in [0.2, 0.25) is 5.02 Å². The number of benzene rings is 2. The van der Waals surface area contributed by atoms with Crippen molar-refractivity contribution >= 4 is 39.1 Å². The fraction of sp³-hybridized carbons (Fsp3) is 0.188. The quantitative estimate of drug-likeness (QED) is 0.850. The molecule has 0 aliphatic carbocycles. The number of anilines is 1. The molecule has 0 spiro atoms. The third kappa shape index (κ3) is 3.39. The Balaban J connectivity index is 2.40. The van der Waals surface area contributed by atoms with Gasteiger partial charge in [-0.15, -0.1) is 0 Å². The fourth-order valence-electron chi connectivity index (χ4n) is 2.03. The SMILES string of the molecule is Cc1ccc(C(C)(Nc2ccc(Cl)c(Br)c2)C(N)=O)cc1.